The van der Waals surface area contributed by atoms with Gasteiger partial charge in [-0.1, -0.05) is 41.9 Å². The van der Waals surface area contributed by atoms with Gasteiger partial charge in [0.1, 0.15) is 6.54 Å². The van der Waals surface area contributed by atoms with Crippen LogP contribution >= 0.6 is 11.6 Å². The molecule has 0 saturated heterocycles. The first-order valence-corrected chi connectivity index (χ1v) is 7.90. The van der Waals surface area contributed by atoms with Crippen LogP contribution in [0.2, 0.25) is 5.02 Å². The summed E-state index contributed by atoms with van der Waals surface area (Å²) in [6.45, 7) is 2.05. The van der Waals surface area contributed by atoms with E-state index in [0.29, 0.717) is 22.6 Å². The van der Waals surface area contributed by atoms with Crippen LogP contribution in [0.4, 0.5) is 0 Å². The Morgan fingerprint density at radius 3 is 2.67 bits per heavy atom. The van der Waals surface area contributed by atoms with Gasteiger partial charge in [0.05, 0.1) is 11.1 Å². The van der Waals surface area contributed by atoms with Crippen molar-refractivity contribution in [2.75, 3.05) is 0 Å². The summed E-state index contributed by atoms with van der Waals surface area (Å²) in [5, 5.41) is 8.99. The number of nitrogens with one attached hydrogen (secondary N) is 1. The van der Waals surface area contributed by atoms with Crippen LogP contribution in [0.3, 0.4) is 0 Å². The van der Waals surface area contributed by atoms with E-state index in [1.807, 2.05) is 31.2 Å². The number of aryl methyl sites for hydroxylation is 1. The van der Waals surface area contributed by atoms with Crippen LogP contribution in [0.5, 0.6) is 0 Å². The third-order valence-electron chi connectivity index (χ3n) is 3.72. The Morgan fingerprint density at radius 2 is 1.92 bits per heavy atom. The molecule has 1 heterocycles. The zero-order valence-corrected chi connectivity index (χ0v) is 13.9. The second-order valence-electron chi connectivity index (χ2n) is 5.50. The van der Waals surface area contributed by atoms with Gasteiger partial charge < -0.3 is 5.32 Å². The highest BCUT2D eigenvalue weighted by Gasteiger charge is 2.10. The average molecular weight is 342 g/mol. The van der Waals surface area contributed by atoms with Gasteiger partial charge in [0.25, 0.3) is 5.56 Å². The Hall–Kier alpha value is -2.66. The van der Waals surface area contributed by atoms with Crippen LogP contribution in [0.15, 0.2) is 53.3 Å². The highest BCUT2D eigenvalue weighted by Crippen LogP contribution is 2.12. The zero-order chi connectivity index (χ0) is 17.1. The molecule has 0 bridgehead atoms. The lowest BCUT2D eigenvalue weighted by molar-refractivity contribution is -0.122. The average Bonchev–Trinajstić information content (AvgIpc) is 2.58. The van der Waals surface area contributed by atoms with Gasteiger partial charge in [-0.25, -0.2) is 4.68 Å². The van der Waals surface area contributed by atoms with Crippen LogP contribution < -0.4 is 10.9 Å². The van der Waals surface area contributed by atoms with Crippen molar-refractivity contribution in [3.05, 3.63) is 75.2 Å². The minimum Gasteiger partial charge on any atom is -0.350 e. The van der Waals surface area contributed by atoms with E-state index in [2.05, 4.69) is 10.4 Å². The fourth-order valence-corrected chi connectivity index (χ4v) is 2.76. The molecule has 0 fully saturated rings. The van der Waals surface area contributed by atoms with E-state index in [-0.39, 0.29) is 18.0 Å². The summed E-state index contributed by atoms with van der Waals surface area (Å²) in [6.07, 6.45) is 0. The molecule has 0 spiro atoms. The highest BCUT2D eigenvalue weighted by atomic mass is 35.5. The maximum absolute atomic E-state index is 12.4. The van der Waals surface area contributed by atoms with E-state index in [9.17, 15) is 9.59 Å². The molecule has 0 aliphatic heterocycles. The molecule has 1 amide bonds. The number of carbonyl (C=O) groups excluding carboxylic acids is 1. The Balaban J connectivity index is 1.76. The second kappa shape index (κ2) is 6.84. The van der Waals surface area contributed by atoms with Gasteiger partial charge in [-0.05, 0) is 30.7 Å². The number of benzene rings is 2. The summed E-state index contributed by atoms with van der Waals surface area (Å²) in [7, 11) is 0. The largest absolute Gasteiger partial charge is 0.350 e. The number of nitrogens with zero attached hydrogens (tertiary/aromatic N) is 2. The van der Waals surface area contributed by atoms with Crippen molar-refractivity contribution in [3.8, 4) is 0 Å². The molecule has 24 heavy (non-hydrogen) atoms. The van der Waals surface area contributed by atoms with Gasteiger partial charge in [-0.15, -0.1) is 0 Å². The molecule has 0 aliphatic carbocycles. The Kier molecular flexibility index (Phi) is 4.62. The summed E-state index contributed by atoms with van der Waals surface area (Å²) < 4.78 is 1.20. The molecular formula is C18H16ClN3O2. The molecular weight excluding hydrogens is 326 g/mol. The number of amides is 1. The Morgan fingerprint density at radius 1 is 1.17 bits per heavy atom. The lowest BCUT2D eigenvalue weighted by Gasteiger charge is -2.09. The summed E-state index contributed by atoms with van der Waals surface area (Å²) in [4.78, 5) is 24.6. The summed E-state index contributed by atoms with van der Waals surface area (Å²) in [5.41, 5.74) is 1.34. The number of rotatable bonds is 4. The molecule has 0 saturated carbocycles. The molecule has 6 heteroatoms. The van der Waals surface area contributed by atoms with Crippen LogP contribution in [-0.4, -0.2) is 15.7 Å². The molecule has 122 valence electrons. The predicted molar refractivity (Wildman–Crippen MR) is 94.0 cm³/mol. The molecule has 5 nitrogen and oxygen atoms in total. The van der Waals surface area contributed by atoms with Crippen LogP contribution in [-0.2, 0) is 17.9 Å². The van der Waals surface area contributed by atoms with Gasteiger partial charge in [0, 0.05) is 17.0 Å². The maximum Gasteiger partial charge on any atom is 0.275 e. The van der Waals surface area contributed by atoms with Gasteiger partial charge in [0.15, 0.2) is 0 Å². The smallest absolute Gasteiger partial charge is 0.275 e. The number of hydrogen-bond donors (Lipinski definition) is 1. The Bertz CT molecular complexity index is 966. The van der Waals surface area contributed by atoms with E-state index in [1.54, 1.807) is 24.3 Å². The van der Waals surface area contributed by atoms with Crippen LogP contribution in [0, 0.1) is 6.92 Å². The highest BCUT2D eigenvalue weighted by molar-refractivity contribution is 6.30. The topological polar surface area (TPSA) is 64.0 Å². The van der Waals surface area contributed by atoms with E-state index >= 15 is 0 Å². The van der Waals surface area contributed by atoms with E-state index in [4.69, 9.17) is 11.6 Å². The summed E-state index contributed by atoms with van der Waals surface area (Å²) in [6, 6.07) is 14.5. The third kappa shape index (κ3) is 3.46. The summed E-state index contributed by atoms with van der Waals surface area (Å²) in [5.74, 6) is -0.278. The summed E-state index contributed by atoms with van der Waals surface area (Å²) >= 11 is 5.92. The van der Waals surface area contributed by atoms with Crippen molar-refractivity contribution in [2.24, 2.45) is 0 Å². The second-order valence-corrected chi connectivity index (χ2v) is 5.94. The third-order valence-corrected chi connectivity index (χ3v) is 3.96. The van der Waals surface area contributed by atoms with Crippen LogP contribution in [0.1, 0.15) is 11.3 Å². The zero-order valence-electron chi connectivity index (χ0n) is 13.1. The number of halogens is 1. The number of carbonyl (C=O) groups is 1. The lowest BCUT2D eigenvalue weighted by Crippen LogP contribution is -2.33. The van der Waals surface area contributed by atoms with Gasteiger partial charge in [0.2, 0.25) is 5.91 Å². The number of fused-ring (bicyclic) bond motifs is 1. The van der Waals surface area contributed by atoms with Gasteiger partial charge in [-0.2, -0.15) is 5.10 Å². The normalized spacial score (nSPS) is 10.8. The minimum atomic E-state index is -0.278. The monoisotopic (exact) mass is 341 g/mol. The van der Waals surface area contributed by atoms with E-state index < -0.39 is 0 Å². The molecule has 0 atom stereocenters. The molecule has 1 N–H and O–H groups in total. The SMILES string of the molecule is Cc1nn(CC(=O)NCc2cccc(Cl)c2)c(=O)c2ccccc12. The molecule has 0 aliphatic rings. The van der Waals surface area contributed by atoms with Crippen molar-refractivity contribution in [1.82, 2.24) is 15.1 Å². The number of aromatic nitrogens is 2. The maximum atomic E-state index is 12.4. The lowest BCUT2D eigenvalue weighted by atomic mass is 10.1. The van der Waals surface area contributed by atoms with Crippen molar-refractivity contribution in [2.45, 2.75) is 20.0 Å². The first-order chi connectivity index (χ1) is 11.5. The van der Waals surface area contributed by atoms with E-state index in [1.165, 1.54) is 4.68 Å². The standard InChI is InChI=1S/C18H16ClN3O2/c1-12-15-7-2-3-8-16(15)18(24)22(21-12)11-17(23)20-10-13-5-4-6-14(19)9-13/h2-9H,10-11H2,1H3,(H,20,23). The first-order valence-electron chi connectivity index (χ1n) is 7.52. The molecule has 2 aromatic carbocycles. The quantitative estimate of drug-likeness (QED) is 0.793. The van der Waals surface area contributed by atoms with Gasteiger partial charge >= 0.3 is 0 Å². The van der Waals surface area contributed by atoms with Crippen molar-refractivity contribution in [1.29, 1.82) is 0 Å². The van der Waals surface area contributed by atoms with Crippen molar-refractivity contribution in [3.63, 3.8) is 0 Å². The van der Waals surface area contributed by atoms with Gasteiger partial charge in [-0.3, -0.25) is 9.59 Å². The van der Waals surface area contributed by atoms with Crippen LogP contribution in [0.25, 0.3) is 10.8 Å². The Labute approximate surface area is 143 Å². The first kappa shape index (κ1) is 16.2. The fraction of sp³-hybridized carbons (Fsp3) is 0.167. The minimum absolute atomic E-state index is 0.120. The molecule has 3 rings (SSSR count). The predicted octanol–water partition coefficient (Wildman–Crippen LogP) is 2.67. The molecule has 1 aromatic heterocycles. The number of hydrogen-bond acceptors (Lipinski definition) is 3. The fourth-order valence-electron chi connectivity index (χ4n) is 2.55. The molecule has 0 radical (unpaired) electrons. The van der Waals surface area contributed by atoms with Crippen molar-refractivity contribution >= 4 is 28.3 Å². The van der Waals surface area contributed by atoms with E-state index in [0.717, 1.165) is 10.9 Å². The molecule has 3 aromatic rings. The molecule has 0 unspecified atom stereocenters. The van der Waals surface area contributed by atoms with Crippen molar-refractivity contribution < 1.29 is 4.79 Å².